The van der Waals surface area contributed by atoms with E-state index < -0.39 is 6.10 Å². The zero-order chi connectivity index (χ0) is 15.4. The van der Waals surface area contributed by atoms with Crippen LogP contribution < -0.4 is 15.4 Å². The molecule has 1 aromatic rings. The van der Waals surface area contributed by atoms with Crippen molar-refractivity contribution < 1.29 is 14.3 Å². The minimum absolute atomic E-state index is 0.149. The highest BCUT2D eigenvalue weighted by Gasteiger charge is 2.24. The van der Waals surface area contributed by atoms with E-state index >= 15 is 0 Å². The molecule has 1 heterocycles. The monoisotopic (exact) mass is 291 g/mol. The number of hydrogen-bond donors (Lipinski definition) is 2. The van der Waals surface area contributed by atoms with Gasteiger partial charge in [-0.15, -0.1) is 0 Å². The molecule has 1 aromatic carbocycles. The van der Waals surface area contributed by atoms with Crippen molar-refractivity contribution in [2.45, 2.75) is 19.4 Å². The Morgan fingerprint density at radius 3 is 2.90 bits per heavy atom. The Kier molecular flexibility index (Phi) is 4.80. The van der Waals surface area contributed by atoms with E-state index in [1.807, 2.05) is 14.1 Å². The second kappa shape index (κ2) is 6.58. The Balaban J connectivity index is 1.97. The van der Waals surface area contributed by atoms with Crippen molar-refractivity contribution in [1.29, 1.82) is 0 Å². The molecule has 6 nitrogen and oxygen atoms in total. The van der Waals surface area contributed by atoms with Crippen LogP contribution in [0.3, 0.4) is 0 Å². The fourth-order valence-corrected chi connectivity index (χ4v) is 2.05. The van der Waals surface area contributed by atoms with Gasteiger partial charge < -0.3 is 20.3 Å². The number of carbonyl (C=O) groups is 2. The number of fused-ring (bicyclic) bond motifs is 1. The summed E-state index contributed by atoms with van der Waals surface area (Å²) in [5.74, 6) is 0.238. The Morgan fingerprint density at radius 2 is 2.19 bits per heavy atom. The average Bonchev–Trinajstić information content (AvgIpc) is 2.44. The molecule has 1 aliphatic heterocycles. The number of amides is 2. The maximum atomic E-state index is 12.0. The molecule has 114 valence electrons. The molecule has 0 saturated heterocycles. The van der Waals surface area contributed by atoms with Gasteiger partial charge in [-0.1, -0.05) is 0 Å². The summed E-state index contributed by atoms with van der Waals surface area (Å²) in [7, 11) is 3.99. The van der Waals surface area contributed by atoms with Gasteiger partial charge in [-0.2, -0.15) is 0 Å². The van der Waals surface area contributed by atoms with Crippen molar-refractivity contribution in [2.75, 3.05) is 32.5 Å². The van der Waals surface area contributed by atoms with E-state index in [1.165, 1.54) is 0 Å². The zero-order valence-electron chi connectivity index (χ0n) is 12.6. The lowest BCUT2D eigenvalue weighted by molar-refractivity contribution is -0.122. The van der Waals surface area contributed by atoms with E-state index in [2.05, 4.69) is 15.5 Å². The maximum absolute atomic E-state index is 12.0. The summed E-state index contributed by atoms with van der Waals surface area (Å²) in [5.41, 5.74) is 1.05. The Hall–Kier alpha value is -2.08. The second-order valence-corrected chi connectivity index (χ2v) is 5.37. The van der Waals surface area contributed by atoms with E-state index in [0.29, 0.717) is 23.5 Å². The number of rotatable bonds is 5. The standard InChI is InChI=1S/C15H21N3O3/c1-10-14(19)17-12-9-11(5-6-13(12)21-10)15(20)16-7-4-8-18(2)3/h5-6,9-10H,4,7-8H2,1-3H3,(H,16,20)(H,17,19). The molecule has 2 rings (SSSR count). The molecule has 0 aliphatic carbocycles. The number of hydrogen-bond acceptors (Lipinski definition) is 4. The SMILES string of the molecule is CC1Oc2ccc(C(=O)NCCCN(C)C)cc2NC1=O. The van der Waals surface area contributed by atoms with Crippen molar-refractivity contribution in [3.05, 3.63) is 23.8 Å². The largest absolute Gasteiger partial charge is 0.479 e. The summed E-state index contributed by atoms with van der Waals surface area (Å²) in [6.45, 7) is 3.23. The lowest BCUT2D eigenvalue weighted by atomic mass is 10.1. The molecule has 6 heteroatoms. The van der Waals surface area contributed by atoms with E-state index in [9.17, 15) is 9.59 Å². The number of carbonyl (C=O) groups excluding carboxylic acids is 2. The third kappa shape index (κ3) is 3.95. The van der Waals surface area contributed by atoms with Crippen LogP contribution in [0, 0.1) is 0 Å². The summed E-state index contributed by atoms with van der Waals surface area (Å²) < 4.78 is 5.45. The Bertz CT molecular complexity index is 543. The highest BCUT2D eigenvalue weighted by molar-refractivity contribution is 6.00. The Morgan fingerprint density at radius 1 is 1.43 bits per heavy atom. The van der Waals surface area contributed by atoms with Crippen molar-refractivity contribution in [3.63, 3.8) is 0 Å². The van der Waals surface area contributed by atoms with Crippen molar-refractivity contribution >= 4 is 17.5 Å². The van der Waals surface area contributed by atoms with Crippen LogP contribution in [0.4, 0.5) is 5.69 Å². The Labute approximate surface area is 124 Å². The quantitative estimate of drug-likeness (QED) is 0.797. The molecule has 0 radical (unpaired) electrons. The van der Waals surface area contributed by atoms with Gasteiger partial charge in [-0.05, 0) is 52.2 Å². The number of ether oxygens (including phenoxy) is 1. The molecule has 2 amide bonds. The predicted molar refractivity (Wildman–Crippen MR) is 80.7 cm³/mol. The topological polar surface area (TPSA) is 70.7 Å². The predicted octanol–water partition coefficient (Wildman–Crippen LogP) is 1.09. The van der Waals surface area contributed by atoms with E-state index in [1.54, 1.807) is 25.1 Å². The molecule has 1 aliphatic rings. The van der Waals surface area contributed by atoms with Crippen LogP contribution in [0.25, 0.3) is 0 Å². The van der Waals surface area contributed by atoms with Gasteiger partial charge in [0.1, 0.15) is 5.75 Å². The molecule has 1 unspecified atom stereocenters. The molecular weight excluding hydrogens is 270 g/mol. The summed E-state index contributed by atoms with van der Waals surface area (Å²) in [5, 5.41) is 5.60. The molecule has 0 aromatic heterocycles. The molecule has 1 atom stereocenters. The highest BCUT2D eigenvalue weighted by Crippen LogP contribution is 2.30. The van der Waals surface area contributed by atoms with Crippen molar-refractivity contribution in [3.8, 4) is 5.75 Å². The molecular formula is C15H21N3O3. The van der Waals surface area contributed by atoms with Crippen LogP contribution in [-0.2, 0) is 4.79 Å². The van der Waals surface area contributed by atoms with E-state index in [0.717, 1.165) is 13.0 Å². The van der Waals surface area contributed by atoms with Gasteiger partial charge in [0.25, 0.3) is 11.8 Å². The first kappa shape index (κ1) is 15.3. The van der Waals surface area contributed by atoms with Gasteiger partial charge in [0, 0.05) is 12.1 Å². The molecule has 0 bridgehead atoms. The molecule has 0 fully saturated rings. The average molecular weight is 291 g/mol. The van der Waals surface area contributed by atoms with Crippen LogP contribution in [-0.4, -0.2) is 50.0 Å². The molecule has 2 N–H and O–H groups in total. The van der Waals surface area contributed by atoms with E-state index in [4.69, 9.17) is 4.74 Å². The minimum Gasteiger partial charge on any atom is -0.479 e. The summed E-state index contributed by atoms with van der Waals surface area (Å²) in [6.07, 6.45) is 0.379. The van der Waals surface area contributed by atoms with Crippen LogP contribution >= 0.6 is 0 Å². The normalized spacial score (nSPS) is 17.0. The second-order valence-electron chi connectivity index (χ2n) is 5.37. The first-order chi connectivity index (χ1) is 9.97. The summed E-state index contributed by atoms with van der Waals surface area (Å²) in [6, 6.07) is 5.05. The highest BCUT2D eigenvalue weighted by atomic mass is 16.5. The number of benzene rings is 1. The number of anilines is 1. The third-order valence-corrected chi connectivity index (χ3v) is 3.24. The van der Waals surface area contributed by atoms with Gasteiger partial charge in [0.15, 0.2) is 6.10 Å². The first-order valence-corrected chi connectivity index (χ1v) is 7.02. The smallest absolute Gasteiger partial charge is 0.265 e. The van der Waals surface area contributed by atoms with Crippen LogP contribution in [0.15, 0.2) is 18.2 Å². The summed E-state index contributed by atoms with van der Waals surface area (Å²) in [4.78, 5) is 25.7. The zero-order valence-corrected chi connectivity index (χ0v) is 12.6. The van der Waals surface area contributed by atoms with Crippen LogP contribution in [0.5, 0.6) is 5.75 Å². The van der Waals surface area contributed by atoms with Crippen LogP contribution in [0.1, 0.15) is 23.7 Å². The lowest BCUT2D eigenvalue weighted by Gasteiger charge is -2.23. The summed E-state index contributed by atoms with van der Waals surface area (Å²) >= 11 is 0. The fraction of sp³-hybridized carbons (Fsp3) is 0.467. The maximum Gasteiger partial charge on any atom is 0.265 e. The molecule has 21 heavy (non-hydrogen) atoms. The molecule has 0 spiro atoms. The van der Waals surface area contributed by atoms with Gasteiger partial charge in [-0.25, -0.2) is 0 Å². The van der Waals surface area contributed by atoms with Gasteiger partial charge in [-0.3, -0.25) is 9.59 Å². The van der Waals surface area contributed by atoms with Crippen molar-refractivity contribution in [1.82, 2.24) is 10.2 Å². The van der Waals surface area contributed by atoms with Gasteiger partial charge in [0.2, 0.25) is 0 Å². The van der Waals surface area contributed by atoms with Crippen LogP contribution in [0.2, 0.25) is 0 Å². The van der Waals surface area contributed by atoms with E-state index in [-0.39, 0.29) is 11.8 Å². The first-order valence-electron chi connectivity index (χ1n) is 7.02. The van der Waals surface area contributed by atoms with Crippen molar-refractivity contribution in [2.24, 2.45) is 0 Å². The van der Waals surface area contributed by atoms with Gasteiger partial charge in [0.05, 0.1) is 5.69 Å². The fourth-order valence-electron chi connectivity index (χ4n) is 2.05. The third-order valence-electron chi connectivity index (χ3n) is 3.24. The van der Waals surface area contributed by atoms with Gasteiger partial charge >= 0.3 is 0 Å². The molecule has 0 saturated carbocycles. The number of nitrogens with zero attached hydrogens (tertiary/aromatic N) is 1. The lowest BCUT2D eigenvalue weighted by Crippen LogP contribution is -2.34. The minimum atomic E-state index is -0.511. The number of nitrogens with one attached hydrogen (secondary N) is 2.